The minimum atomic E-state index is -0.706. The summed E-state index contributed by atoms with van der Waals surface area (Å²) >= 11 is 1.76. The summed E-state index contributed by atoms with van der Waals surface area (Å²) in [5.41, 5.74) is 2.61. The Morgan fingerprint density at radius 1 is 1.06 bits per heavy atom. The minimum absolute atomic E-state index is 0.0302. The number of hydrogen-bond donors (Lipinski definition) is 2. The van der Waals surface area contributed by atoms with Crippen molar-refractivity contribution in [3.8, 4) is 22.6 Å². The highest BCUT2D eigenvalue weighted by Gasteiger charge is 2.20. The Bertz CT molecular complexity index is 1280. The van der Waals surface area contributed by atoms with Gasteiger partial charge in [0, 0.05) is 44.5 Å². The molecule has 0 spiro atoms. The van der Waals surface area contributed by atoms with Crippen LogP contribution in [0.15, 0.2) is 36.7 Å². The number of anilines is 1. The molecule has 5 rings (SSSR count). The lowest BCUT2D eigenvalue weighted by Crippen LogP contribution is -2.43. The lowest BCUT2D eigenvalue weighted by Gasteiger charge is -2.33. The van der Waals surface area contributed by atoms with E-state index in [9.17, 15) is 8.78 Å². The fraction of sp³-hybridized carbons (Fsp3) is 0.304. The van der Waals surface area contributed by atoms with Crippen LogP contribution in [0.2, 0.25) is 0 Å². The number of aromatic amines is 1. The summed E-state index contributed by atoms with van der Waals surface area (Å²) < 4.78 is 31.8. The van der Waals surface area contributed by atoms with Gasteiger partial charge in [-0.05, 0) is 43.1 Å². The van der Waals surface area contributed by atoms with Gasteiger partial charge < -0.3 is 10.2 Å². The van der Waals surface area contributed by atoms with Crippen molar-refractivity contribution >= 4 is 28.8 Å². The maximum atomic E-state index is 14.7. The Hall–Kier alpha value is -3.15. The van der Waals surface area contributed by atoms with Gasteiger partial charge in [0.2, 0.25) is 0 Å². The summed E-state index contributed by atoms with van der Waals surface area (Å²) in [6, 6.07) is 6.49. The summed E-state index contributed by atoms with van der Waals surface area (Å²) in [6.45, 7) is 4.16. The van der Waals surface area contributed by atoms with E-state index in [1.54, 1.807) is 25.2 Å². The molecule has 176 valence electrons. The van der Waals surface area contributed by atoms with Gasteiger partial charge in [0.25, 0.3) is 0 Å². The predicted octanol–water partition coefficient (Wildman–Crippen LogP) is 3.48. The van der Waals surface area contributed by atoms with Crippen LogP contribution in [0.4, 0.5) is 14.6 Å². The van der Waals surface area contributed by atoms with E-state index in [1.807, 2.05) is 12.1 Å². The van der Waals surface area contributed by atoms with Crippen LogP contribution < -0.4 is 10.2 Å². The Kier molecular flexibility index (Phi) is 6.40. The maximum absolute atomic E-state index is 14.7. The summed E-state index contributed by atoms with van der Waals surface area (Å²) in [6.07, 6.45) is 5.33. The van der Waals surface area contributed by atoms with Crippen LogP contribution in [-0.2, 0) is 6.54 Å². The van der Waals surface area contributed by atoms with Crippen molar-refractivity contribution in [3.05, 3.63) is 53.9 Å². The molecule has 8 nitrogen and oxygen atoms in total. The summed E-state index contributed by atoms with van der Waals surface area (Å²) in [4.78, 5) is 15.5. The van der Waals surface area contributed by atoms with Crippen molar-refractivity contribution < 1.29 is 8.78 Å². The first-order chi connectivity index (χ1) is 16.6. The second-order valence-electron chi connectivity index (χ2n) is 8.00. The number of aromatic nitrogens is 5. The number of pyridine rings is 1. The average molecular weight is 483 g/mol. The second-order valence-corrected chi connectivity index (χ2v) is 8.88. The van der Waals surface area contributed by atoms with Crippen LogP contribution in [0.25, 0.3) is 33.7 Å². The molecule has 4 heterocycles. The van der Waals surface area contributed by atoms with E-state index >= 15 is 0 Å². The highest BCUT2D eigenvalue weighted by molar-refractivity contribution is 7.96. The second kappa shape index (κ2) is 9.61. The molecule has 0 radical (unpaired) electrons. The summed E-state index contributed by atoms with van der Waals surface area (Å²) in [5, 5.41) is 10.1. The van der Waals surface area contributed by atoms with Gasteiger partial charge in [-0.2, -0.15) is 5.10 Å². The van der Waals surface area contributed by atoms with Crippen molar-refractivity contribution in [1.82, 2.24) is 34.8 Å². The third-order valence-electron chi connectivity index (χ3n) is 5.85. The van der Waals surface area contributed by atoms with Gasteiger partial charge in [-0.15, -0.1) is 0 Å². The number of hydrogen-bond acceptors (Lipinski definition) is 8. The fourth-order valence-corrected chi connectivity index (χ4v) is 4.62. The van der Waals surface area contributed by atoms with E-state index in [1.165, 1.54) is 18.3 Å². The van der Waals surface area contributed by atoms with E-state index in [2.05, 4.69) is 45.9 Å². The molecule has 0 atom stereocenters. The van der Waals surface area contributed by atoms with Gasteiger partial charge in [-0.3, -0.25) is 5.10 Å². The SMILES string of the molecule is CNCc1cc(F)c(-c2ncc3[nH]nc(-c4ccc(N5CCN(SC)CC5)nc4)c3n2)c(F)c1. The van der Waals surface area contributed by atoms with Gasteiger partial charge in [-0.25, -0.2) is 28.0 Å². The Balaban J connectivity index is 1.45. The first-order valence-electron chi connectivity index (χ1n) is 10.9. The number of rotatable bonds is 6. The number of nitrogens with zero attached hydrogens (tertiary/aromatic N) is 6. The minimum Gasteiger partial charge on any atom is -0.354 e. The lowest BCUT2D eigenvalue weighted by atomic mass is 10.1. The van der Waals surface area contributed by atoms with Crippen LogP contribution in [0, 0.1) is 11.6 Å². The molecule has 1 aliphatic heterocycles. The Morgan fingerprint density at radius 2 is 1.82 bits per heavy atom. The Morgan fingerprint density at radius 3 is 2.47 bits per heavy atom. The van der Waals surface area contributed by atoms with Gasteiger partial charge in [-0.1, -0.05) is 11.9 Å². The topological polar surface area (TPSA) is 85.9 Å². The maximum Gasteiger partial charge on any atom is 0.165 e. The van der Waals surface area contributed by atoms with Gasteiger partial charge in [0.15, 0.2) is 5.82 Å². The van der Waals surface area contributed by atoms with Crippen LogP contribution >= 0.6 is 11.9 Å². The Labute approximate surface area is 199 Å². The average Bonchev–Trinajstić information content (AvgIpc) is 3.27. The molecule has 1 fully saturated rings. The predicted molar refractivity (Wildman–Crippen MR) is 130 cm³/mol. The number of H-pyrrole nitrogens is 1. The van der Waals surface area contributed by atoms with E-state index in [4.69, 9.17) is 0 Å². The fourth-order valence-electron chi connectivity index (χ4n) is 4.09. The van der Waals surface area contributed by atoms with E-state index < -0.39 is 11.6 Å². The largest absolute Gasteiger partial charge is 0.354 e. The molecule has 34 heavy (non-hydrogen) atoms. The normalized spacial score (nSPS) is 14.8. The van der Waals surface area contributed by atoms with Crippen molar-refractivity contribution in [2.45, 2.75) is 6.54 Å². The zero-order chi connectivity index (χ0) is 23.7. The van der Waals surface area contributed by atoms with Crippen LogP contribution in [-0.4, -0.2) is 68.9 Å². The molecule has 1 aliphatic rings. The molecule has 3 aromatic heterocycles. The molecule has 0 unspecified atom stereocenters. The first-order valence-corrected chi connectivity index (χ1v) is 12.1. The van der Waals surface area contributed by atoms with Gasteiger partial charge >= 0.3 is 0 Å². The van der Waals surface area contributed by atoms with Crippen molar-refractivity contribution in [2.75, 3.05) is 44.4 Å². The summed E-state index contributed by atoms with van der Waals surface area (Å²) in [5.74, 6) is -0.535. The molecule has 11 heteroatoms. The zero-order valence-electron chi connectivity index (χ0n) is 18.8. The van der Waals surface area contributed by atoms with Crippen LogP contribution in [0.1, 0.15) is 5.56 Å². The molecule has 2 N–H and O–H groups in total. The smallest absolute Gasteiger partial charge is 0.165 e. The molecule has 1 saturated heterocycles. The molecule has 1 aromatic carbocycles. The van der Waals surface area contributed by atoms with Crippen molar-refractivity contribution in [2.24, 2.45) is 0 Å². The third-order valence-corrected chi connectivity index (χ3v) is 6.73. The summed E-state index contributed by atoms with van der Waals surface area (Å²) in [7, 11) is 1.72. The number of piperazine rings is 1. The molecular weight excluding hydrogens is 458 g/mol. The lowest BCUT2D eigenvalue weighted by molar-refractivity contribution is 0.429. The van der Waals surface area contributed by atoms with Crippen molar-refractivity contribution in [3.63, 3.8) is 0 Å². The quantitative estimate of drug-likeness (QED) is 0.404. The third kappa shape index (κ3) is 4.33. The van der Waals surface area contributed by atoms with Gasteiger partial charge in [0.1, 0.15) is 34.2 Å². The molecule has 0 bridgehead atoms. The number of nitrogens with one attached hydrogen (secondary N) is 2. The van der Waals surface area contributed by atoms with E-state index in [-0.39, 0.29) is 11.4 Å². The highest BCUT2D eigenvalue weighted by atomic mass is 32.2. The van der Waals surface area contributed by atoms with Crippen molar-refractivity contribution in [1.29, 1.82) is 0 Å². The standard InChI is InChI=1S/C23H24F2N8S/c1-26-11-14-9-16(24)20(17(25)10-14)23-28-13-18-22(29-23)21(31-30-18)15-3-4-19(27-12-15)32-5-7-33(34-2)8-6-32/h3-4,9-10,12-13,26H,5-8,11H2,1-2H3,(H,30,31). The molecular formula is C23H24F2N8S. The number of benzene rings is 1. The number of halogens is 2. The van der Waals surface area contributed by atoms with E-state index in [0.717, 1.165) is 37.6 Å². The molecule has 0 amide bonds. The molecule has 0 aliphatic carbocycles. The van der Waals surface area contributed by atoms with Gasteiger partial charge in [0.05, 0.1) is 11.8 Å². The first kappa shape index (κ1) is 22.6. The molecule has 4 aromatic rings. The van der Waals surface area contributed by atoms with E-state index in [0.29, 0.717) is 28.8 Å². The monoisotopic (exact) mass is 482 g/mol. The highest BCUT2D eigenvalue weighted by Crippen LogP contribution is 2.30. The number of fused-ring (bicyclic) bond motifs is 1. The zero-order valence-corrected chi connectivity index (χ0v) is 19.7. The van der Waals surface area contributed by atoms with Crippen LogP contribution in [0.5, 0.6) is 0 Å². The molecule has 0 saturated carbocycles. The van der Waals surface area contributed by atoms with Crippen LogP contribution in [0.3, 0.4) is 0 Å².